The van der Waals surface area contributed by atoms with Crippen LogP contribution in [0.15, 0.2) is 24.3 Å². The zero-order valence-electron chi connectivity index (χ0n) is 15.0. The van der Waals surface area contributed by atoms with Gasteiger partial charge >= 0.3 is 0 Å². The first-order chi connectivity index (χ1) is 12.3. The van der Waals surface area contributed by atoms with Crippen LogP contribution in [0.4, 0.5) is 5.69 Å². The Morgan fingerprint density at radius 3 is 2.54 bits per heavy atom. The van der Waals surface area contributed by atoms with Crippen molar-refractivity contribution in [1.82, 2.24) is 9.78 Å². The van der Waals surface area contributed by atoms with Gasteiger partial charge < -0.3 is 5.32 Å². The number of nitrogens with one attached hydrogen (secondary N) is 1. The molecule has 1 amide bonds. The van der Waals surface area contributed by atoms with E-state index in [1.807, 2.05) is 38.1 Å². The molecule has 1 aromatic heterocycles. The molecule has 2 aliphatic rings. The smallest absolute Gasteiger partial charge is 0.276 e. The Labute approximate surface area is 153 Å². The first kappa shape index (κ1) is 17.3. The number of carbonyl (C=O) groups is 1. The summed E-state index contributed by atoms with van der Waals surface area (Å²) in [5.74, 6) is 0.460. The fraction of sp³-hybridized carbons (Fsp3) is 0.474. The topological polar surface area (TPSA) is 81.1 Å². The van der Waals surface area contributed by atoms with Crippen molar-refractivity contribution in [2.45, 2.75) is 45.1 Å². The lowest BCUT2D eigenvalue weighted by Gasteiger charge is -2.12. The minimum Gasteiger partial charge on any atom is -0.321 e. The summed E-state index contributed by atoms with van der Waals surface area (Å²) in [5.41, 5.74) is 4.38. The van der Waals surface area contributed by atoms with Crippen molar-refractivity contribution in [2.75, 3.05) is 16.8 Å². The van der Waals surface area contributed by atoms with Crippen molar-refractivity contribution in [3.05, 3.63) is 46.8 Å². The number of aromatic nitrogens is 2. The quantitative estimate of drug-likeness (QED) is 0.893. The first-order valence-corrected chi connectivity index (χ1v) is 10.8. The van der Waals surface area contributed by atoms with Crippen LogP contribution in [-0.4, -0.2) is 35.6 Å². The highest BCUT2D eigenvalue weighted by Crippen LogP contribution is 2.42. The summed E-state index contributed by atoms with van der Waals surface area (Å²) in [5, 5.41) is 7.40. The van der Waals surface area contributed by atoms with Crippen molar-refractivity contribution in [3.63, 3.8) is 0 Å². The van der Waals surface area contributed by atoms with Gasteiger partial charge in [-0.2, -0.15) is 5.10 Å². The highest BCUT2D eigenvalue weighted by Gasteiger charge is 2.36. The molecule has 2 fully saturated rings. The van der Waals surface area contributed by atoms with Crippen molar-refractivity contribution >= 4 is 21.4 Å². The van der Waals surface area contributed by atoms with Gasteiger partial charge in [-0.25, -0.2) is 8.42 Å². The van der Waals surface area contributed by atoms with E-state index in [-0.39, 0.29) is 23.5 Å². The van der Waals surface area contributed by atoms with E-state index in [0.29, 0.717) is 18.0 Å². The average Bonchev–Trinajstić information content (AvgIpc) is 3.22. The predicted octanol–water partition coefficient (Wildman–Crippen LogP) is 2.99. The van der Waals surface area contributed by atoms with E-state index in [4.69, 9.17) is 0 Å². The van der Waals surface area contributed by atoms with E-state index in [9.17, 15) is 13.2 Å². The standard InChI is InChI=1S/C19H23N3O3S/c1-12-3-6-15(9-13(12)2)20-19(23)17-10-18(14-4-5-14)22(21-17)16-7-8-26(24,25)11-16/h3,6,9-10,14,16H,4-5,7-8,11H2,1-2H3,(H,20,23). The minimum atomic E-state index is -3.00. The number of hydrogen-bond acceptors (Lipinski definition) is 4. The maximum Gasteiger partial charge on any atom is 0.276 e. The highest BCUT2D eigenvalue weighted by atomic mass is 32.2. The average molecular weight is 373 g/mol. The molecule has 0 radical (unpaired) electrons. The Balaban J connectivity index is 1.59. The van der Waals surface area contributed by atoms with Crippen molar-refractivity contribution in [1.29, 1.82) is 0 Å². The number of amides is 1. The van der Waals surface area contributed by atoms with Crippen LogP contribution >= 0.6 is 0 Å². The van der Waals surface area contributed by atoms with E-state index < -0.39 is 9.84 Å². The zero-order valence-corrected chi connectivity index (χ0v) is 15.8. The van der Waals surface area contributed by atoms with Crippen LogP contribution < -0.4 is 5.32 Å². The third-order valence-corrected chi connectivity index (χ3v) is 7.06. The van der Waals surface area contributed by atoms with E-state index in [1.165, 1.54) is 5.56 Å². The molecular weight excluding hydrogens is 350 g/mol. The lowest BCUT2D eigenvalue weighted by Crippen LogP contribution is -2.17. The van der Waals surface area contributed by atoms with E-state index in [2.05, 4.69) is 10.4 Å². The summed E-state index contributed by atoms with van der Waals surface area (Å²) in [6.07, 6.45) is 2.72. The van der Waals surface area contributed by atoms with Crippen LogP contribution in [0.25, 0.3) is 0 Å². The SMILES string of the molecule is Cc1ccc(NC(=O)c2cc(C3CC3)n(C3CCS(=O)(=O)C3)n2)cc1C. The molecule has 1 saturated heterocycles. The molecule has 1 atom stereocenters. The van der Waals surface area contributed by atoms with Crippen LogP contribution in [-0.2, 0) is 9.84 Å². The fourth-order valence-electron chi connectivity index (χ4n) is 3.48. The van der Waals surface area contributed by atoms with Crippen LogP contribution in [0.1, 0.15) is 58.5 Å². The third-order valence-electron chi connectivity index (χ3n) is 5.31. The summed E-state index contributed by atoms with van der Waals surface area (Å²) in [6.45, 7) is 4.03. The molecule has 4 rings (SSSR count). The highest BCUT2D eigenvalue weighted by molar-refractivity contribution is 7.91. The van der Waals surface area contributed by atoms with Crippen LogP contribution in [0.2, 0.25) is 0 Å². The fourth-order valence-corrected chi connectivity index (χ4v) is 5.17. The molecule has 2 aromatic rings. The first-order valence-electron chi connectivity index (χ1n) is 9.01. The normalized spacial score (nSPS) is 21.7. The Hall–Kier alpha value is -2.15. The number of aryl methyl sites for hydroxylation is 2. The third kappa shape index (κ3) is 3.40. The zero-order chi connectivity index (χ0) is 18.5. The molecule has 6 nitrogen and oxygen atoms in total. The van der Waals surface area contributed by atoms with Crippen molar-refractivity contribution < 1.29 is 13.2 Å². The van der Waals surface area contributed by atoms with Gasteiger partial charge in [0.05, 0.1) is 17.5 Å². The Kier molecular flexibility index (Phi) is 4.14. The second kappa shape index (κ2) is 6.23. The second-order valence-electron chi connectivity index (χ2n) is 7.48. The van der Waals surface area contributed by atoms with Gasteiger partial charge in [0, 0.05) is 17.3 Å². The number of carbonyl (C=O) groups excluding carboxylic acids is 1. The molecule has 1 unspecified atom stereocenters. The molecule has 1 saturated carbocycles. The lowest BCUT2D eigenvalue weighted by molar-refractivity contribution is 0.102. The largest absolute Gasteiger partial charge is 0.321 e. The van der Waals surface area contributed by atoms with Gasteiger partial charge in [-0.15, -0.1) is 0 Å². The Morgan fingerprint density at radius 1 is 1.15 bits per heavy atom. The molecule has 1 aromatic carbocycles. The van der Waals surface area contributed by atoms with E-state index >= 15 is 0 Å². The van der Waals surface area contributed by atoms with Crippen molar-refractivity contribution in [3.8, 4) is 0 Å². The number of hydrogen-bond donors (Lipinski definition) is 1. The molecule has 2 heterocycles. The van der Waals surface area contributed by atoms with Crippen molar-refractivity contribution in [2.24, 2.45) is 0 Å². The molecule has 1 N–H and O–H groups in total. The second-order valence-corrected chi connectivity index (χ2v) is 9.71. The van der Waals surface area contributed by atoms with Gasteiger partial charge in [0.2, 0.25) is 0 Å². The molecule has 0 bridgehead atoms. The monoisotopic (exact) mass is 373 g/mol. The van der Waals surface area contributed by atoms with E-state index in [1.54, 1.807) is 4.68 Å². The summed E-state index contributed by atoms with van der Waals surface area (Å²) < 4.78 is 25.5. The lowest BCUT2D eigenvalue weighted by atomic mass is 10.1. The van der Waals surface area contributed by atoms with Gasteiger partial charge in [0.1, 0.15) is 0 Å². The molecule has 0 spiro atoms. The molecule has 1 aliphatic carbocycles. The minimum absolute atomic E-state index is 0.118. The summed E-state index contributed by atoms with van der Waals surface area (Å²) in [7, 11) is -3.00. The number of sulfone groups is 1. The predicted molar refractivity (Wildman–Crippen MR) is 100 cm³/mol. The summed E-state index contributed by atoms with van der Waals surface area (Å²) in [4.78, 5) is 12.7. The Bertz CT molecular complexity index is 974. The van der Waals surface area contributed by atoms with Gasteiger partial charge in [-0.3, -0.25) is 9.48 Å². The number of nitrogens with zero attached hydrogens (tertiary/aromatic N) is 2. The van der Waals surface area contributed by atoms with Gasteiger partial charge in [0.25, 0.3) is 5.91 Å². The maximum atomic E-state index is 12.7. The molecule has 1 aliphatic heterocycles. The molecular formula is C19H23N3O3S. The van der Waals surface area contributed by atoms with Crippen LogP contribution in [0.3, 0.4) is 0 Å². The number of rotatable bonds is 4. The molecule has 26 heavy (non-hydrogen) atoms. The van der Waals surface area contributed by atoms with E-state index in [0.717, 1.165) is 29.8 Å². The number of anilines is 1. The van der Waals surface area contributed by atoms with Gasteiger partial charge in [-0.1, -0.05) is 6.07 Å². The van der Waals surface area contributed by atoms with Crippen LogP contribution in [0, 0.1) is 13.8 Å². The summed E-state index contributed by atoms with van der Waals surface area (Å²) in [6, 6.07) is 7.47. The maximum absolute atomic E-state index is 12.7. The summed E-state index contributed by atoms with van der Waals surface area (Å²) >= 11 is 0. The molecule has 138 valence electrons. The molecule has 7 heteroatoms. The van der Waals surface area contributed by atoms with Gasteiger partial charge in [0.15, 0.2) is 15.5 Å². The van der Waals surface area contributed by atoms with Gasteiger partial charge in [-0.05, 0) is 62.4 Å². The number of benzene rings is 1. The Morgan fingerprint density at radius 2 is 1.92 bits per heavy atom. The van der Waals surface area contributed by atoms with Crippen LogP contribution in [0.5, 0.6) is 0 Å².